The average molecular weight is 346 g/mol. The maximum atomic E-state index is 12.6. The second kappa shape index (κ2) is 5.86. The molecule has 2 aliphatic heterocycles. The van der Waals surface area contributed by atoms with Gasteiger partial charge in [-0.05, 0) is 43.6 Å². The second-order valence-corrected chi connectivity index (χ2v) is 7.23. The average Bonchev–Trinajstić information content (AvgIpc) is 2.51. The van der Waals surface area contributed by atoms with E-state index in [0.717, 1.165) is 50.2 Å². The zero-order valence-corrected chi connectivity index (χ0v) is 13.8. The van der Waals surface area contributed by atoms with Gasteiger partial charge in [-0.1, -0.05) is 6.07 Å². The molecule has 4 rings (SSSR count). The number of piperidine rings is 1. The number of aromatic nitrogens is 2. The van der Waals surface area contributed by atoms with Gasteiger partial charge in [0, 0.05) is 23.9 Å². The molecule has 0 N–H and O–H groups in total. The largest absolute Gasteiger partial charge is 0.393 e. The number of benzene rings is 1. The molecule has 2 aliphatic rings. The number of hydrogen-bond donors (Lipinski definition) is 0. The summed E-state index contributed by atoms with van der Waals surface area (Å²) < 4.78 is 37.8. The third-order valence-electron chi connectivity index (χ3n) is 5.30. The van der Waals surface area contributed by atoms with Crippen LogP contribution >= 0.6 is 0 Å². The van der Waals surface area contributed by atoms with Crippen LogP contribution in [0.5, 0.6) is 0 Å². The van der Waals surface area contributed by atoms with Crippen molar-refractivity contribution in [1.29, 1.82) is 0 Å². The molecule has 130 valence electrons. The molecule has 0 bridgehead atoms. The highest BCUT2D eigenvalue weighted by molar-refractivity contribution is 6.04. The van der Waals surface area contributed by atoms with E-state index in [0.29, 0.717) is 10.9 Å². The molecule has 3 heterocycles. The number of anilines is 1. The van der Waals surface area contributed by atoms with Crippen molar-refractivity contribution in [1.82, 2.24) is 14.8 Å². The van der Waals surface area contributed by atoms with Crippen LogP contribution in [-0.2, 0) is 6.42 Å². The predicted molar refractivity (Wildman–Crippen MR) is 90.5 cm³/mol. The second-order valence-electron chi connectivity index (χ2n) is 7.23. The van der Waals surface area contributed by atoms with Crippen LogP contribution in [-0.4, -0.2) is 55.1 Å². The minimum atomic E-state index is -4.22. The lowest BCUT2D eigenvalue weighted by Gasteiger charge is -2.54. The molecular weight excluding hydrogens is 328 g/mol. The maximum absolute atomic E-state index is 12.6. The quantitative estimate of drug-likeness (QED) is 0.783. The van der Waals surface area contributed by atoms with Crippen LogP contribution in [0.1, 0.15) is 18.4 Å². The fourth-order valence-corrected chi connectivity index (χ4v) is 3.91. The van der Waals surface area contributed by atoms with Gasteiger partial charge in [-0.2, -0.15) is 13.2 Å². The van der Waals surface area contributed by atoms with E-state index in [-0.39, 0.29) is 5.56 Å². The van der Waals surface area contributed by atoms with E-state index >= 15 is 0 Å². The third kappa shape index (κ3) is 3.32. The molecular formula is C17H18BF3N4. The van der Waals surface area contributed by atoms with Crippen molar-refractivity contribution in [3.8, 4) is 0 Å². The number of nitrogens with zero attached hydrogens (tertiary/aromatic N) is 4. The van der Waals surface area contributed by atoms with Crippen molar-refractivity contribution in [2.75, 3.05) is 31.1 Å². The summed E-state index contributed by atoms with van der Waals surface area (Å²) in [5, 5.41) is 0.805. The molecule has 0 saturated carbocycles. The number of rotatable bonds is 2. The highest BCUT2D eigenvalue weighted by Crippen LogP contribution is 2.43. The van der Waals surface area contributed by atoms with Crippen LogP contribution in [0.25, 0.3) is 10.9 Å². The lowest BCUT2D eigenvalue weighted by molar-refractivity contribution is -0.127. The normalized spacial score (nSPS) is 20.8. The van der Waals surface area contributed by atoms with Crippen molar-refractivity contribution in [2.24, 2.45) is 5.41 Å². The Hall–Kier alpha value is -1.83. The highest BCUT2D eigenvalue weighted by atomic mass is 19.4. The summed E-state index contributed by atoms with van der Waals surface area (Å²) in [4.78, 5) is 12.6. The van der Waals surface area contributed by atoms with Crippen molar-refractivity contribution in [2.45, 2.75) is 25.4 Å². The molecule has 1 aromatic carbocycles. The van der Waals surface area contributed by atoms with E-state index in [1.807, 2.05) is 4.81 Å². The van der Waals surface area contributed by atoms with E-state index in [9.17, 15) is 13.2 Å². The van der Waals surface area contributed by atoms with Crippen molar-refractivity contribution in [3.63, 3.8) is 0 Å². The van der Waals surface area contributed by atoms with Gasteiger partial charge in [0.15, 0.2) is 7.98 Å². The standard InChI is InChI=1S/C17H18BF3N4/c18-25-5-3-16(4-6-25)9-24(10-16)15-13-2-1-12(8-17(19,20)21)7-14(13)22-11-23-15/h1-2,7,11H,3-6,8-10H2. The van der Waals surface area contributed by atoms with Gasteiger partial charge in [0.1, 0.15) is 12.1 Å². The Labute approximate surface area is 145 Å². The Morgan fingerprint density at radius 1 is 1.12 bits per heavy atom. The number of fused-ring (bicyclic) bond motifs is 1. The van der Waals surface area contributed by atoms with Crippen molar-refractivity contribution in [3.05, 3.63) is 30.1 Å². The van der Waals surface area contributed by atoms with Crippen LogP contribution in [0, 0.1) is 5.41 Å². The minimum Gasteiger partial charge on any atom is -0.355 e. The fourth-order valence-electron chi connectivity index (χ4n) is 3.91. The van der Waals surface area contributed by atoms with Gasteiger partial charge >= 0.3 is 6.18 Å². The zero-order valence-electron chi connectivity index (χ0n) is 13.8. The first kappa shape index (κ1) is 16.6. The zero-order chi connectivity index (χ0) is 17.7. The molecule has 2 aromatic rings. The topological polar surface area (TPSA) is 32.3 Å². The van der Waals surface area contributed by atoms with Crippen LogP contribution < -0.4 is 4.90 Å². The van der Waals surface area contributed by atoms with Gasteiger partial charge in [0.05, 0.1) is 11.9 Å². The third-order valence-corrected chi connectivity index (χ3v) is 5.30. The van der Waals surface area contributed by atoms with Crippen LogP contribution in [0.4, 0.5) is 19.0 Å². The summed E-state index contributed by atoms with van der Waals surface area (Å²) >= 11 is 0. The van der Waals surface area contributed by atoms with E-state index in [4.69, 9.17) is 7.98 Å². The minimum absolute atomic E-state index is 0.222. The molecule has 0 amide bonds. The predicted octanol–water partition coefficient (Wildman–Crippen LogP) is 2.72. The monoisotopic (exact) mass is 346 g/mol. The van der Waals surface area contributed by atoms with E-state index in [1.165, 1.54) is 18.5 Å². The van der Waals surface area contributed by atoms with Gasteiger partial charge in [-0.3, -0.25) is 0 Å². The van der Waals surface area contributed by atoms with Crippen molar-refractivity contribution < 1.29 is 13.2 Å². The Morgan fingerprint density at radius 3 is 2.52 bits per heavy atom. The van der Waals surface area contributed by atoms with Gasteiger partial charge in [-0.25, -0.2) is 9.97 Å². The van der Waals surface area contributed by atoms with E-state index < -0.39 is 12.6 Å². The van der Waals surface area contributed by atoms with Crippen LogP contribution in [0.15, 0.2) is 24.5 Å². The molecule has 0 unspecified atom stereocenters. The van der Waals surface area contributed by atoms with E-state index in [2.05, 4.69) is 14.9 Å². The van der Waals surface area contributed by atoms with Crippen molar-refractivity contribution >= 4 is 24.7 Å². The smallest absolute Gasteiger partial charge is 0.355 e. The first-order chi connectivity index (χ1) is 11.8. The maximum Gasteiger partial charge on any atom is 0.393 e. The fraction of sp³-hybridized carbons (Fsp3) is 0.529. The first-order valence-corrected chi connectivity index (χ1v) is 8.39. The Bertz CT molecular complexity index is 779. The summed E-state index contributed by atoms with van der Waals surface area (Å²) in [6.45, 7) is 3.63. The molecule has 0 aliphatic carbocycles. The molecule has 1 aromatic heterocycles. The Kier molecular flexibility index (Phi) is 3.90. The summed E-state index contributed by atoms with van der Waals surface area (Å²) in [5.41, 5.74) is 1.08. The van der Waals surface area contributed by atoms with Crippen LogP contribution in [0.2, 0.25) is 0 Å². The number of halogens is 3. The SMILES string of the molecule is [B]N1CCC2(CC1)CN(c1ncnc3cc(CC(F)(F)F)ccc13)C2. The molecule has 2 radical (unpaired) electrons. The Balaban J connectivity index is 1.55. The molecule has 8 heteroatoms. The summed E-state index contributed by atoms with van der Waals surface area (Å²) in [5.74, 6) is 0.810. The molecule has 25 heavy (non-hydrogen) atoms. The summed E-state index contributed by atoms with van der Waals surface area (Å²) in [6, 6.07) is 4.74. The Morgan fingerprint density at radius 2 is 1.84 bits per heavy atom. The number of hydrogen-bond acceptors (Lipinski definition) is 4. The van der Waals surface area contributed by atoms with E-state index in [1.54, 1.807) is 6.07 Å². The van der Waals surface area contributed by atoms with Gasteiger partial charge < -0.3 is 9.71 Å². The number of alkyl halides is 3. The summed E-state index contributed by atoms with van der Waals surface area (Å²) in [7, 11) is 5.83. The summed E-state index contributed by atoms with van der Waals surface area (Å²) in [6.07, 6.45) is -1.59. The molecule has 1 spiro atoms. The molecule has 4 nitrogen and oxygen atoms in total. The lowest BCUT2D eigenvalue weighted by atomic mass is 9.71. The molecule has 2 fully saturated rings. The van der Waals surface area contributed by atoms with Gasteiger partial charge in [-0.15, -0.1) is 0 Å². The molecule has 2 saturated heterocycles. The molecule has 0 atom stereocenters. The first-order valence-electron chi connectivity index (χ1n) is 8.39. The van der Waals surface area contributed by atoms with Gasteiger partial charge in [0.2, 0.25) is 0 Å². The highest BCUT2D eigenvalue weighted by Gasteiger charge is 2.45. The van der Waals surface area contributed by atoms with Crippen LogP contribution in [0.3, 0.4) is 0 Å². The lowest BCUT2D eigenvalue weighted by Crippen LogP contribution is -2.60. The van der Waals surface area contributed by atoms with Gasteiger partial charge in [0.25, 0.3) is 0 Å².